The monoisotopic (exact) mass is 308 g/mol. The highest BCUT2D eigenvalue weighted by atomic mass is 35.5. The molecular formula is C16H21ClN2O2. The van der Waals surface area contributed by atoms with Crippen LogP contribution in [0, 0.1) is 0 Å². The number of hydrogen-bond acceptors (Lipinski definition) is 3. The lowest BCUT2D eigenvalue weighted by molar-refractivity contribution is -0.133. The normalized spacial score (nSPS) is 19.5. The van der Waals surface area contributed by atoms with E-state index < -0.39 is 0 Å². The number of hydrogen-bond donors (Lipinski definition) is 1. The fraction of sp³-hybridized carbons (Fsp3) is 0.438. The van der Waals surface area contributed by atoms with Gasteiger partial charge in [-0.2, -0.15) is 0 Å². The average molecular weight is 309 g/mol. The van der Waals surface area contributed by atoms with E-state index in [9.17, 15) is 4.79 Å². The number of benzene rings is 1. The molecule has 1 aromatic carbocycles. The van der Waals surface area contributed by atoms with Crippen LogP contribution in [0.1, 0.15) is 31.4 Å². The Labute approximate surface area is 130 Å². The molecule has 0 radical (unpaired) electrons. The molecule has 1 saturated heterocycles. The van der Waals surface area contributed by atoms with Crippen LogP contribution in [0.5, 0.6) is 0 Å². The smallest absolute Gasteiger partial charge is 0.233 e. The number of carbonyl (C=O) groups excluding carboxylic acids is 1. The van der Waals surface area contributed by atoms with E-state index >= 15 is 0 Å². The van der Waals surface area contributed by atoms with E-state index in [0.717, 1.165) is 36.1 Å². The van der Waals surface area contributed by atoms with Crippen LogP contribution in [0.3, 0.4) is 0 Å². The van der Waals surface area contributed by atoms with Crippen LogP contribution < -0.4 is 5.73 Å². The molecule has 114 valence electrons. The molecule has 0 saturated carbocycles. The minimum Gasteiger partial charge on any atom is -0.460 e. The van der Waals surface area contributed by atoms with Gasteiger partial charge in [0.25, 0.3) is 0 Å². The summed E-state index contributed by atoms with van der Waals surface area (Å²) in [6.07, 6.45) is 2.05. The molecule has 2 heterocycles. The van der Waals surface area contributed by atoms with Crippen LogP contribution in [-0.4, -0.2) is 29.9 Å². The van der Waals surface area contributed by atoms with Crippen molar-refractivity contribution in [3.63, 3.8) is 0 Å². The van der Waals surface area contributed by atoms with Crippen molar-refractivity contribution in [3.05, 3.63) is 36.1 Å². The number of halogens is 1. The van der Waals surface area contributed by atoms with E-state index in [1.54, 1.807) is 0 Å². The zero-order chi connectivity index (χ0) is 14.1. The van der Waals surface area contributed by atoms with Gasteiger partial charge < -0.3 is 15.1 Å². The van der Waals surface area contributed by atoms with E-state index in [0.29, 0.717) is 6.54 Å². The van der Waals surface area contributed by atoms with E-state index in [1.807, 2.05) is 42.2 Å². The Kier molecular flexibility index (Phi) is 4.91. The van der Waals surface area contributed by atoms with Crippen molar-refractivity contribution in [2.45, 2.75) is 31.7 Å². The van der Waals surface area contributed by atoms with Crippen molar-refractivity contribution < 1.29 is 9.21 Å². The molecule has 1 fully saturated rings. The second-order valence-corrected chi connectivity index (χ2v) is 5.47. The van der Waals surface area contributed by atoms with Crippen molar-refractivity contribution in [1.29, 1.82) is 0 Å². The predicted octanol–water partition coefficient (Wildman–Crippen LogP) is 2.91. The lowest BCUT2D eigenvalue weighted by Crippen LogP contribution is -2.41. The third-order valence-corrected chi connectivity index (χ3v) is 4.17. The summed E-state index contributed by atoms with van der Waals surface area (Å²) in [6, 6.07) is 9.98. The first-order valence-electron chi connectivity index (χ1n) is 7.19. The van der Waals surface area contributed by atoms with E-state index in [1.165, 1.54) is 0 Å². The van der Waals surface area contributed by atoms with Crippen LogP contribution in [0.4, 0.5) is 0 Å². The number of nitrogens with two attached hydrogens (primary N) is 1. The summed E-state index contributed by atoms with van der Waals surface area (Å²) in [6.45, 7) is 3.26. The summed E-state index contributed by atoms with van der Waals surface area (Å²) in [5.41, 5.74) is 6.58. The Bertz CT molecular complexity index is 593. The minimum atomic E-state index is -0.255. The SMILES string of the molecule is CC(C(=O)N1CCCC1CN)c1cc2ccccc2o1.Cl. The van der Waals surface area contributed by atoms with Crippen LogP contribution in [-0.2, 0) is 4.79 Å². The van der Waals surface area contributed by atoms with Crippen molar-refractivity contribution in [1.82, 2.24) is 4.90 Å². The zero-order valence-electron chi connectivity index (χ0n) is 12.1. The Balaban J connectivity index is 0.00000161. The summed E-state index contributed by atoms with van der Waals surface area (Å²) in [5.74, 6) is 0.602. The fourth-order valence-electron chi connectivity index (χ4n) is 2.96. The van der Waals surface area contributed by atoms with Crippen LogP contribution in [0.15, 0.2) is 34.7 Å². The summed E-state index contributed by atoms with van der Waals surface area (Å²) in [4.78, 5) is 14.5. The molecule has 0 bridgehead atoms. The maximum Gasteiger partial charge on any atom is 0.233 e. The maximum absolute atomic E-state index is 12.6. The highest BCUT2D eigenvalue weighted by Crippen LogP contribution is 2.28. The number of furan rings is 1. The van der Waals surface area contributed by atoms with E-state index in [-0.39, 0.29) is 30.3 Å². The highest BCUT2D eigenvalue weighted by Gasteiger charge is 2.32. The Morgan fingerprint density at radius 2 is 2.24 bits per heavy atom. The molecule has 2 unspecified atom stereocenters. The molecule has 1 aliphatic heterocycles. The van der Waals surface area contributed by atoms with E-state index in [2.05, 4.69) is 0 Å². The first-order valence-corrected chi connectivity index (χ1v) is 7.19. The van der Waals surface area contributed by atoms with Gasteiger partial charge >= 0.3 is 0 Å². The van der Waals surface area contributed by atoms with Gasteiger partial charge in [-0.05, 0) is 31.9 Å². The molecule has 5 heteroatoms. The highest BCUT2D eigenvalue weighted by molar-refractivity contribution is 5.86. The number of amides is 1. The minimum absolute atomic E-state index is 0. The molecule has 2 N–H and O–H groups in total. The molecule has 0 spiro atoms. The Hall–Kier alpha value is -1.52. The number of likely N-dealkylation sites (tertiary alicyclic amines) is 1. The quantitative estimate of drug-likeness (QED) is 0.948. The lowest BCUT2D eigenvalue weighted by Gasteiger charge is -2.25. The van der Waals surface area contributed by atoms with Gasteiger partial charge in [0.2, 0.25) is 5.91 Å². The van der Waals surface area contributed by atoms with Gasteiger partial charge in [-0.15, -0.1) is 12.4 Å². The fourth-order valence-corrected chi connectivity index (χ4v) is 2.96. The molecule has 1 amide bonds. The summed E-state index contributed by atoms with van der Waals surface area (Å²) < 4.78 is 5.80. The Morgan fingerprint density at radius 3 is 2.95 bits per heavy atom. The van der Waals surface area contributed by atoms with Gasteiger partial charge in [0, 0.05) is 24.5 Å². The molecule has 21 heavy (non-hydrogen) atoms. The molecule has 1 aromatic heterocycles. The van der Waals surface area contributed by atoms with Crippen molar-refractivity contribution in [3.8, 4) is 0 Å². The summed E-state index contributed by atoms with van der Waals surface area (Å²) in [7, 11) is 0. The molecule has 3 rings (SSSR count). The third kappa shape index (κ3) is 2.92. The number of carbonyl (C=O) groups is 1. The van der Waals surface area contributed by atoms with Gasteiger partial charge in [-0.3, -0.25) is 4.79 Å². The lowest BCUT2D eigenvalue weighted by atomic mass is 10.1. The largest absolute Gasteiger partial charge is 0.460 e. The van der Waals surface area contributed by atoms with Crippen LogP contribution in [0.25, 0.3) is 11.0 Å². The Morgan fingerprint density at radius 1 is 1.48 bits per heavy atom. The maximum atomic E-state index is 12.6. The summed E-state index contributed by atoms with van der Waals surface area (Å²) >= 11 is 0. The van der Waals surface area contributed by atoms with Crippen LogP contribution in [0.2, 0.25) is 0 Å². The van der Waals surface area contributed by atoms with Gasteiger partial charge in [0.15, 0.2) is 0 Å². The van der Waals surface area contributed by atoms with Gasteiger partial charge in [-0.1, -0.05) is 18.2 Å². The second kappa shape index (κ2) is 6.50. The number of para-hydroxylation sites is 1. The average Bonchev–Trinajstić information content (AvgIpc) is 3.11. The standard InChI is InChI=1S/C16H20N2O2.ClH/c1-11(16(19)18-8-4-6-13(18)10-17)15-9-12-5-2-3-7-14(12)20-15;/h2-3,5,7,9,11,13H,4,6,8,10,17H2,1H3;1H. The summed E-state index contributed by atoms with van der Waals surface area (Å²) in [5, 5.41) is 1.04. The molecule has 4 nitrogen and oxygen atoms in total. The van der Waals surface area contributed by atoms with Crippen molar-refractivity contribution in [2.24, 2.45) is 5.73 Å². The predicted molar refractivity (Wildman–Crippen MR) is 85.7 cm³/mol. The first kappa shape index (κ1) is 15.9. The molecular weight excluding hydrogens is 288 g/mol. The number of rotatable bonds is 3. The molecule has 2 atom stereocenters. The third-order valence-electron chi connectivity index (χ3n) is 4.17. The van der Waals surface area contributed by atoms with Gasteiger partial charge in [-0.25, -0.2) is 0 Å². The second-order valence-electron chi connectivity index (χ2n) is 5.47. The van der Waals surface area contributed by atoms with Crippen LogP contribution >= 0.6 is 12.4 Å². The number of nitrogens with zero attached hydrogens (tertiary/aromatic N) is 1. The molecule has 0 aliphatic carbocycles. The molecule has 2 aromatic rings. The zero-order valence-corrected chi connectivity index (χ0v) is 12.9. The van der Waals surface area contributed by atoms with Crippen molar-refractivity contribution >= 4 is 29.3 Å². The first-order chi connectivity index (χ1) is 9.70. The van der Waals surface area contributed by atoms with E-state index in [4.69, 9.17) is 10.2 Å². The van der Waals surface area contributed by atoms with Crippen molar-refractivity contribution in [2.75, 3.05) is 13.1 Å². The van der Waals surface area contributed by atoms with Gasteiger partial charge in [0.05, 0.1) is 5.92 Å². The molecule has 1 aliphatic rings. The van der Waals surface area contributed by atoms with Gasteiger partial charge in [0.1, 0.15) is 11.3 Å². The number of fused-ring (bicyclic) bond motifs is 1. The topological polar surface area (TPSA) is 59.5 Å².